The van der Waals surface area contributed by atoms with E-state index in [2.05, 4.69) is 50.1 Å². The maximum Gasteiger partial charge on any atom is 0.229 e. The van der Waals surface area contributed by atoms with Gasteiger partial charge in [0.25, 0.3) is 0 Å². The lowest BCUT2D eigenvalue weighted by atomic mass is 9.85. The third-order valence-corrected chi connectivity index (χ3v) is 6.95. The van der Waals surface area contributed by atoms with Crippen molar-refractivity contribution in [1.29, 1.82) is 0 Å². The molecule has 190 valence electrons. The van der Waals surface area contributed by atoms with E-state index in [-0.39, 0.29) is 24.2 Å². The van der Waals surface area contributed by atoms with Crippen LogP contribution in [0.15, 0.2) is 30.5 Å². The van der Waals surface area contributed by atoms with Crippen molar-refractivity contribution in [3.63, 3.8) is 0 Å². The fraction of sp³-hybridized carbons (Fsp3) is 0.577. The Balaban J connectivity index is 0.00000289. The second kappa shape index (κ2) is 12.5. The smallest absolute Gasteiger partial charge is 0.229 e. The molecule has 3 fully saturated rings. The molecule has 2 aliphatic carbocycles. The van der Waals surface area contributed by atoms with Gasteiger partial charge in [0, 0.05) is 56.1 Å². The quantitative estimate of drug-likeness (QED) is 0.400. The van der Waals surface area contributed by atoms with Crippen LogP contribution in [-0.4, -0.2) is 60.2 Å². The van der Waals surface area contributed by atoms with Crippen LogP contribution in [0.4, 0.5) is 17.5 Å². The Bertz CT molecular complexity index is 976. The summed E-state index contributed by atoms with van der Waals surface area (Å²) in [6.07, 6.45) is 8.51. The number of anilines is 3. The van der Waals surface area contributed by atoms with Gasteiger partial charge in [0.15, 0.2) is 0 Å². The maximum atomic E-state index is 12.0. The molecule has 9 heteroatoms. The van der Waals surface area contributed by atoms with E-state index in [1.165, 1.54) is 30.4 Å². The number of hydrogen-bond donors (Lipinski definition) is 3. The molecule has 3 N–H and O–H groups in total. The second-order valence-electron chi connectivity index (χ2n) is 9.68. The molecular weight excluding hydrogens is 464 g/mol. The summed E-state index contributed by atoms with van der Waals surface area (Å²) in [5.41, 5.74) is 3.46. The molecule has 35 heavy (non-hydrogen) atoms. The Morgan fingerprint density at radius 1 is 1.11 bits per heavy atom. The standard InChI is InChI=1S/C26H36N6O2.ClH/c33-25(21-5-2-6-21)28-11-3-10-27-24-23(20-8-9-20)17-29-26(31-24)30-22-7-1-4-19(16-22)18-32-12-14-34-15-13-32;/h1,4,7,16-17,20-21H,2-3,5-6,8-15,18H2,(H,28,33)(H2,27,29,30,31);1H. The first-order valence-electron chi connectivity index (χ1n) is 12.8. The summed E-state index contributed by atoms with van der Waals surface area (Å²) >= 11 is 0. The average Bonchev–Trinajstić information content (AvgIpc) is 3.64. The highest BCUT2D eigenvalue weighted by Gasteiger charge is 2.28. The number of benzene rings is 1. The van der Waals surface area contributed by atoms with E-state index in [1.807, 2.05) is 6.20 Å². The Morgan fingerprint density at radius 3 is 2.69 bits per heavy atom. The van der Waals surface area contributed by atoms with Gasteiger partial charge in [-0.15, -0.1) is 12.4 Å². The molecule has 1 aromatic heterocycles. The van der Waals surface area contributed by atoms with E-state index in [9.17, 15) is 4.79 Å². The summed E-state index contributed by atoms with van der Waals surface area (Å²) in [6, 6.07) is 8.46. The van der Waals surface area contributed by atoms with Crippen LogP contribution in [0.25, 0.3) is 0 Å². The van der Waals surface area contributed by atoms with Crippen LogP contribution in [0.3, 0.4) is 0 Å². The van der Waals surface area contributed by atoms with Crippen molar-refractivity contribution in [3.05, 3.63) is 41.6 Å². The van der Waals surface area contributed by atoms with Crippen molar-refractivity contribution < 1.29 is 9.53 Å². The molecule has 1 amide bonds. The number of rotatable bonds is 11. The molecule has 5 rings (SSSR count). The van der Waals surface area contributed by atoms with Crippen LogP contribution < -0.4 is 16.0 Å². The normalized spacial score (nSPS) is 18.3. The van der Waals surface area contributed by atoms with Crippen molar-refractivity contribution in [3.8, 4) is 0 Å². The fourth-order valence-electron chi connectivity index (χ4n) is 4.50. The number of ether oxygens (including phenoxy) is 1. The van der Waals surface area contributed by atoms with Gasteiger partial charge in [-0.05, 0) is 55.7 Å². The summed E-state index contributed by atoms with van der Waals surface area (Å²) in [5, 5.41) is 9.95. The van der Waals surface area contributed by atoms with Crippen LogP contribution in [0.2, 0.25) is 0 Å². The largest absolute Gasteiger partial charge is 0.379 e. The van der Waals surface area contributed by atoms with Crippen molar-refractivity contribution >= 4 is 35.8 Å². The average molecular weight is 501 g/mol. The zero-order valence-electron chi connectivity index (χ0n) is 20.3. The summed E-state index contributed by atoms with van der Waals surface area (Å²) in [7, 11) is 0. The molecule has 1 aliphatic heterocycles. The first kappa shape index (κ1) is 25.7. The Hall–Kier alpha value is -2.42. The molecule has 1 aromatic carbocycles. The summed E-state index contributed by atoms with van der Waals surface area (Å²) in [6.45, 7) is 5.96. The molecule has 3 aliphatic rings. The molecule has 2 aromatic rings. The van der Waals surface area contributed by atoms with E-state index < -0.39 is 0 Å². The van der Waals surface area contributed by atoms with E-state index in [1.54, 1.807) is 0 Å². The number of carbonyl (C=O) groups excluding carboxylic acids is 1. The fourth-order valence-corrected chi connectivity index (χ4v) is 4.50. The van der Waals surface area contributed by atoms with Gasteiger partial charge < -0.3 is 20.7 Å². The predicted octanol–water partition coefficient (Wildman–Crippen LogP) is 4.07. The number of nitrogens with zero attached hydrogens (tertiary/aromatic N) is 3. The zero-order chi connectivity index (χ0) is 23.2. The molecular formula is C26H37ClN6O2. The Morgan fingerprint density at radius 2 is 1.94 bits per heavy atom. The minimum atomic E-state index is 0. The van der Waals surface area contributed by atoms with Crippen LogP contribution in [0.5, 0.6) is 0 Å². The first-order chi connectivity index (χ1) is 16.7. The minimum Gasteiger partial charge on any atom is -0.379 e. The van der Waals surface area contributed by atoms with Crippen molar-refractivity contribution in [2.75, 3.05) is 50.0 Å². The van der Waals surface area contributed by atoms with Crippen molar-refractivity contribution in [2.24, 2.45) is 5.92 Å². The first-order valence-corrected chi connectivity index (χ1v) is 12.8. The third kappa shape index (κ3) is 7.29. The maximum absolute atomic E-state index is 12.0. The summed E-state index contributed by atoms with van der Waals surface area (Å²) in [4.78, 5) is 23.8. The highest BCUT2D eigenvalue weighted by molar-refractivity contribution is 5.85. The molecule has 0 unspecified atom stereocenters. The van der Waals surface area contributed by atoms with Crippen molar-refractivity contribution in [1.82, 2.24) is 20.2 Å². The zero-order valence-corrected chi connectivity index (χ0v) is 21.1. The van der Waals surface area contributed by atoms with E-state index >= 15 is 0 Å². The topological polar surface area (TPSA) is 91.4 Å². The molecule has 0 radical (unpaired) electrons. The van der Waals surface area contributed by atoms with Crippen LogP contribution >= 0.6 is 12.4 Å². The lowest BCUT2D eigenvalue weighted by Crippen LogP contribution is -2.35. The number of hydrogen-bond acceptors (Lipinski definition) is 7. The number of amides is 1. The van der Waals surface area contributed by atoms with Gasteiger partial charge in [0.1, 0.15) is 5.82 Å². The lowest BCUT2D eigenvalue weighted by molar-refractivity contribution is -0.127. The third-order valence-electron chi connectivity index (χ3n) is 6.95. The second-order valence-corrected chi connectivity index (χ2v) is 9.68. The highest BCUT2D eigenvalue weighted by Crippen LogP contribution is 2.42. The number of carbonyl (C=O) groups is 1. The number of nitrogens with one attached hydrogen (secondary N) is 3. The van der Waals surface area contributed by atoms with E-state index in [4.69, 9.17) is 9.72 Å². The van der Waals surface area contributed by atoms with Gasteiger partial charge in [0.05, 0.1) is 13.2 Å². The molecule has 0 spiro atoms. The van der Waals surface area contributed by atoms with E-state index in [0.29, 0.717) is 18.4 Å². The molecule has 0 bridgehead atoms. The molecule has 0 atom stereocenters. The number of aromatic nitrogens is 2. The van der Waals surface area contributed by atoms with Gasteiger partial charge in [-0.2, -0.15) is 4.98 Å². The highest BCUT2D eigenvalue weighted by atomic mass is 35.5. The van der Waals surface area contributed by atoms with Gasteiger partial charge in [-0.25, -0.2) is 4.98 Å². The predicted molar refractivity (Wildman–Crippen MR) is 141 cm³/mol. The summed E-state index contributed by atoms with van der Waals surface area (Å²) < 4.78 is 5.46. The van der Waals surface area contributed by atoms with Crippen LogP contribution in [0.1, 0.15) is 55.6 Å². The number of morpholine rings is 1. The molecule has 8 nitrogen and oxygen atoms in total. The lowest BCUT2D eigenvalue weighted by Gasteiger charge is -2.26. The molecule has 2 heterocycles. The van der Waals surface area contributed by atoms with Crippen molar-refractivity contribution in [2.45, 2.75) is 51.0 Å². The van der Waals surface area contributed by atoms with Gasteiger partial charge in [-0.3, -0.25) is 9.69 Å². The van der Waals surface area contributed by atoms with Crippen LogP contribution in [0, 0.1) is 5.92 Å². The van der Waals surface area contributed by atoms with Gasteiger partial charge in [-0.1, -0.05) is 18.6 Å². The molecule has 2 saturated carbocycles. The number of halogens is 1. The minimum absolute atomic E-state index is 0. The van der Waals surface area contributed by atoms with Gasteiger partial charge >= 0.3 is 0 Å². The summed E-state index contributed by atoms with van der Waals surface area (Å²) in [5.74, 6) is 2.54. The van der Waals surface area contributed by atoms with E-state index in [0.717, 1.165) is 70.2 Å². The monoisotopic (exact) mass is 500 g/mol. The SMILES string of the molecule is Cl.O=C(NCCCNc1nc(Nc2cccc(CN3CCOCC3)c2)ncc1C1CC1)C1CCC1. The van der Waals surface area contributed by atoms with Crippen LogP contribution in [-0.2, 0) is 16.1 Å². The molecule has 1 saturated heterocycles. The Labute approximate surface area is 214 Å². The Kier molecular flexibility index (Phi) is 9.18. The van der Waals surface area contributed by atoms with Gasteiger partial charge in [0.2, 0.25) is 11.9 Å².